The Labute approximate surface area is 217 Å². The molecule has 2 aliphatic heterocycles. The first kappa shape index (κ1) is 23.4. The van der Waals surface area contributed by atoms with Crippen molar-refractivity contribution in [1.82, 2.24) is 10.6 Å². The number of ether oxygens (including phenoxy) is 1. The summed E-state index contributed by atoms with van der Waals surface area (Å²) in [7, 11) is 0. The minimum Gasteiger partial charge on any atom is -0.453 e. The van der Waals surface area contributed by atoms with Crippen LogP contribution in [-0.2, 0) is 0 Å². The van der Waals surface area contributed by atoms with Gasteiger partial charge in [-0.2, -0.15) is 0 Å². The quantitative estimate of drug-likeness (QED) is 0.310. The molecule has 2 aliphatic rings. The maximum absolute atomic E-state index is 6.44. The summed E-state index contributed by atoms with van der Waals surface area (Å²) in [4.78, 5) is 9.13. The lowest BCUT2D eigenvalue weighted by atomic mass is 10.1. The fourth-order valence-corrected chi connectivity index (χ4v) is 4.62. The summed E-state index contributed by atoms with van der Waals surface area (Å²) in [6.45, 7) is 3.95. The maximum Gasteiger partial charge on any atom is 0.177 e. The van der Waals surface area contributed by atoms with E-state index in [0.29, 0.717) is 11.5 Å². The van der Waals surface area contributed by atoms with Crippen molar-refractivity contribution >= 4 is 12.4 Å². The van der Waals surface area contributed by atoms with E-state index in [9.17, 15) is 0 Å². The molecule has 6 rings (SSSR count). The Morgan fingerprint density at radius 1 is 0.730 bits per heavy atom. The smallest absolute Gasteiger partial charge is 0.177 e. The van der Waals surface area contributed by atoms with Gasteiger partial charge in [-0.15, -0.1) is 0 Å². The van der Waals surface area contributed by atoms with Crippen molar-refractivity contribution in [3.05, 3.63) is 95.6 Å². The van der Waals surface area contributed by atoms with Crippen molar-refractivity contribution in [2.45, 2.75) is 32.1 Å². The van der Waals surface area contributed by atoms with Gasteiger partial charge in [0.1, 0.15) is 23.8 Å². The van der Waals surface area contributed by atoms with E-state index in [0.717, 1.165) is 59.7 Å². The van der Waals surface area contributed by atoms with E-state index < -0.39 is 0 Å². The number of benzene rings is 3. The second kappa shape index (κ2) is 10.5. The third-order valence-electron chi connectivity index (χ3n) is 6.68. The molecule has 1 aromatic heterocycles. The van der Waals surface area contributed by atoms with Crippen LogP contribution in [0.15, 0.2) is 93.3 Å². The molecule has 3 aromatic carbocycles. The topological polar surface area (TPSA) is 71.1 Å². The van der Waals surface area contributed by atoms with Crippen LogP contribution in [0.4, 0.5) is 0 Å². The fraction of sp³-hybridized carbons (Fsp3) is 0.226. The number of hydrogen-bond donors (Lipinski definition) is 2. The standard InChI is InChI=1S/C31H30N4O2/c1-21-4-14-26(15-5-21)36-28-20-27(22-6-10-24(11-7-22)30-32-16-2-17-33-30)37-29(28)23-8-12-25(13-9-23)31-34-18-3-19-35-31/h4-16,18,20,30-31,33,35H,2-3,17,19H2,1H3. The minimum atomic E-state index is -0.000237. The highest BCUT2D eigenvalue weighted by Crippen LogP contribution is 2.40. The van der Waals surface area contributed by atoms with Gasteiger partial charge in [0.15, 0.2) is 11.5 Å². The number of hydrogen-bond acceptors (Lipinski definition) is 6. The first-order chi connectivity index (χ1) is 18.2. The number of nitrogens with one attached hydrogen (secondary N) is 2. The van der Waals surface area contributed by atoms with Crippen molar-refractivity contribution in [2.75, 3.05) is 13.1 Å². The van der Waals surface area contributed by atoms with Crippen LogP contribution < -0.4 is 15.4 Å². The first-order valence-electron chi connectivity index (χ1n) is 12.8. The second-order valence-electron chi connectivity index (χ2n) is 9.42. The highest BCUT2D eigenvalue weighted by atomic mass is 16.5. The third-order valence-corrected chi connectivity index (χ3v) is 6.68. The van der Waals surface area contributed by atoms with E-state index in [2.05, 4.69) is 76.1 Å². The average Bonchev–Trinajstić information content (AvgIpc) is 3.39. The molecule has 2 N–H and O–H groups in total. The van der Waals surface area contributed by atoms with Gasteiger partial charge in [0.2, 0.25) is 0 Å². The van der Waals surface area contributed by atoms with E-state index in [-0.39, 0.29) is 12.3 Å². The highest BCUT2D eigenvalue weighted by molar-refractivity contribution is 5.72. The second-order valence-corrected chi connectivity index (χ2v) is 9.42. The Kier molecular flexibility index (Phi) is 6.67. The zero-order chi connectivity index (χ0) is 25.0. The van der Waals surface area contributed by atoms with E-state index in [1.165, 1.54) is 5.56 Å². The molecule has 0 bridgehead atoms. The number of aliphatic imine (C=N–C) groups is 2. The van der Waals surface area contributed by atoms with Gasteiger partial charge in [0, 0.05) is 42.7 Å². The van der Waals surface area contributed by atoms with Crippen LogP contribution in [-0.4, -0.2) is 25.5 Å². The molecule has 3 heterocycles. The van der Waals surface area contributed by atoms with Crippen LogP contribution in [0, 0.1) is 6.92 Å². The molecule has 2 unspecified atom stereocenters. The minimum absolute atomic E-state index is 0.000237. The predicted octanol–water partition coefficient (Wildman–Crippen LogP) is 6.84. The number of nitrogens with zero attached hydrogens (tertiary/aromatic N) is 2. The van der Waals surface area contributed by atoms with Gasteiger partial charge < -0.3 is 9.15 Å². The van der Waals surface area contributed by atoms with Gasteiger partial charge in [0.25, 0.3) is 0 Å². The number of rotatable bonds is 6. The van der Waals surface area contributed by atoms with Gasteiger partial charge in [-0.05, 0) is 43.0 Å². The molecule has 37 heavy (non-hydrogen) atoms. The summed E-state index contributed by atoms with van der Waals surface area (Å²) in [6, 6.07) is 26.7. The van der Waals surface area contributed by atoms with E-state index in [1.807, 2.05) is 42.8 Å². The molecule has 0 fully saturated rings. The van der Waals surface area contributed by atoms with Gasteiger partial charge >= 0.3 is 0 Å². The molecule has 2 atom stereocenters. The van der Waals surface area contributed by atoms with Gasteiger partial charge in [-0.1, -0.05) is 66.2 Å². The van der Waals surface area contributed by atoms with Crippen LogP contribution in [0.25, 0.3) is 22.6 Å². The average molecular weight is 491 g/mol. The largest absolute Gasteiger partial charge is 0.453 e. The Balaban J connectivity index is 1.32. The molecule has 0 saturated carbocycles. The summed E-state index contributed by atoms with van der Waals surface area (Å²) in [6.07, 6.45) is 5.93. The third kappa shape index (κ3) is 5.26. The summed E-state index contributed by atoms with van der Waals surface area (Å²) >= 11 is 0. The zero-order valence-electron chi connectivity index (χ0n) is 20.9. The zero-order valence-corrected chi connectivity index (χ0v) is 20.9. The lowest BCUT2D eigenvalue weighted by Gasteiger charge is -2.18. The van der Waals surface area contributed by atoms with E-state index in [1.54, 1.807) is 0 Å². The van der Waals surface area contributed by atoms with Crippen LogP contribution >= 0.6 is 0 Å². The SMILES string of the molecule is Cc1ccc(Oc2cc(-c3ccc(C4N=CCCN4)cc3)oc2-c2ccc(C3N=CCCN3)cc2)cc1. The molecule has 0 spiro atoms. The lowest BCUT2D eigenvalue weighted by molar-refractivity contribution is 0.473. The molecule has 186 valence electrons. The Morgan fingerprint density at radius 3 is 1.84 bits per heavy atom. The monoisotopic (exact) mass is 490 g/mol. The van der Waals surface area contributed by atoms with Crippen molar-refractivity contribution in [3.8, 4) is 34.1 Å². The van der Waals surface area contributed by atoms with E-state index >= 15 is 0 Å². The first-order valence-corrected chi connectivity index (χ1v) is 12.8. The molecule has 0 radical (unpaired) electrons. The summed E-state index contributed by atoms with van der Waals surface area (Å²) in [5.74, 6) is 2.91. The number of aryl methyl sites for hydroxylation is 1. The predicted molar refractivity (Wildman–Crippen MR) is 149 cm³/mol. The van der Waals surface area contributed by atoms with Crippen molar-refractivity contribution in [1.29, 1.82) is 0 Å². The van der Waals surface area contributed by atoms with Gasteiger partial charge in [0.05, 0.1) is 0 Å². The van der Waals surface area contributed by atoms with Gasteiger partial charge in [-0.25, -0.2) is 0 Å². The van der Waals surface area contributed by atoms with Crippen molar-refractivity contribution < 1.29 is 9.15 Å². The van der Waals surface area contributed by atoms with Crippen molar-refractivity contribution in [2.24, 2.45) is 9.98 Å². The lowest BCUT2D eigenvalue weighted by Crippen LogP contribution is -2.24. The van der Waals surface area contributed by atoms with Crippen LogP contribution in [0.3, 0.4) is 0 Å². The molecular formula is C31H30N4O2. The molecule has 0 amide bonds. The Hall–Kier alpha value is -4.00. The van der Waals surface area contributed by atoms with E-state index in [4.69, 9.17) is 9.15 Å². The van der Waals surface area contributed by atoms with Gasteiger partial charge in [-0.3, -0.25) is 20.6 Å². The Morgan fingerprint density at radius 2 is 1.30 bits per heavy atom. The molecule has 4 aromatic rings. The van der Waals surface area contributed by atoms with Crippen LogP contribution in [0.1, 0.15) is 41.9 Å². The maximum atomic E-state index is 6.44. The molecule has 0 saturated heterocycles. The molecular weight excluding hydrogens is 460 g/mol. The van der Waals surface area contributed by atoms with Crippen LogP contribution in [0.5, 0.6) is 11.5 Å². The molecule has 0 aliphatic carbocycles. The number of furan rings is 1. The van der Waals surface area contributed by atoms with Crippen LogP contribution in [0.2, 0.25) is 0 Å². The molecule has 6 nitrogen and oxygen atoms in total. The Bertz CT molecular complexity index is 1400. The highest BCUT2D eigenvalue weighted by Gasteiger charge is 2.19. The molecule has 6 heteroatoms. The normalized spacial score (nSPS) is 19.2. The van der Waals surface area contributed by atoms with Crippen molar-refractivity contribution in [3.63, 3.8) is 0 Å². The summed E-state index contributed by atoms with van der Waals surface area (Å²) < 4.78 is 12.8. The summed E-state index contributed by atoms with van der Waals surface area (Å²) in [5, 5.41) is 6.87. The fourth-order valence-electron chi connectivity index (χ4n) is 4.62. The summed E-state index contributed by atoms with van der Waals surface area (Å²) in [5.41, 5.74) is 5.39.